The molecule has 1 heterocycles. The van der Waals surface area contributed by atoms with Crippen molar-refractivity contribution < 1.29 is 14.9 Å². The summed E-state index contributed by atoms with van der Waals surface area (Å²) in [5, 5.41) is 26.8. The Morgan fingerprint density at radius 2 is 2.21 bits per heavy atom. The third-order valence-corrected chi connectivity index (χ3v) is 1.73. The van der Waals surface area contributed by atoms with Gasteiger partial charge in [0.15, 0.2) is 6.10 Å². The molecule has 2 unspecified atom stereocenters. The molecule has 1 aromatic rings. The van der Waals surface area contributed by atoms with Gasteiger partial charge in [0, 0.05) is 0 Å². The van der Waals surface area contributed by atoms with E-state index in [2.05, 4.69) is 4.98 Å². The van der Waals surface area contributed by atoms with Gasteiger partial charge in [-0.05, 0) is 12.1 Å². The summed E-state index contributed by atoms with van der Waals surface area (Å²) in [4.78, 5) is 3.83. The monoisotopic (exact) mass is 194 g/mol. The van der Waals surface area contributed by atoms with E-state index in [4.69, 9.17) is 15.1 Å². The molecule has 1 rings (SSSR count). The van der Waals surface area contributed by atoms with E-state index in [9.17, 15) is 5.11 Å². The fourth-order valence-corrected chi connectivity index (χ4v) is 0.920. The van der Waals surface area contributed by atoms with Crippen molar-refractivity contribution >= 4 is 0 Å². The van der Waals surface area contributed by atoms with E-state index in [1.165, 1.54) is 25.4 Å². The van der Waals surface area contributed by atoms with Gasteiger partial charge in [-0.2, -0.15) is 5.26 Å². The van der Waals surface area contributed by atoms with E-state index in [1.807, 2.05) is 0 Å². The molecule has 2 atom stereocenters. The van der Waals surface area contributed by atoms with Crippen LogP contribution in [0, 0.1) is 11.3 Å². The molecule has 0 saturated carbocycles. The molecule has 0 fully saturated rings. The highest BCUT2D eigenvalue weighted by atomic mass is 16.5. The first-order valence-corrected chi connectivity index (χ1v) is 3.94. The summed E-state index contributed by atoms with van der Waals surface area (Å²) in [5.74, 6) is 0.549. The zero-order chi connectivity index (χ0) is 10.6. The van der Waals surface area contributed by atoms with Crippen LogP contribution in [0.1, 0.15) is 11.8 Å². The van der Waals surface area contributed by atoms with Crippen LogP contribution in [0.15, 0.2) is 18.3 Å². The standard InChI is InChI=1S/C9H10N2O3/c1-14-6-2-3-7(11-5-6)9(13)8(12)4-10/h2-3,5,8-9,12-13H,1H3. The van der Waals surface area contributed by atoms with Crippen molar-refractivity contribution in [1.82, 2.24) is 4.98 Å². The van der Waals surface area contributed by atoms with E-state index in [0.29, 0.717) is 5.75 Å². The van der Waals surface area contributed by atoms with Gasteiger partial charge in [0.25, 0.3) is 0 Å². The van der Waals surface area contributed by atoms with Crippen molar-refractivity contribution in [2.45, 2.75) is 12.2 Å². The number of nitrogens with zero attached hydrogens (tertiary/aromatic N) is 2. The van der Waals surface area contributed by atoms with Crippen LogP contribution in [-0.2, 0) is 0 Å². The predicted octanol–water partition coefficient (Wildman–Crippen LogP) is 0.00808. The molecule has 2 N–H and O–H groups in total. The average Bonchev–Trinajstić information content (AvgIpc) is 2.27. The minimum Gasteiger partial charge on any atom is -0.495 e. The quantitative estimate of drug-likeness (QED) is 0.662. The Bertz CT molecular complexity index is 331. The number of hydrogen-bond acceptors (Lipinski definition) is 5. The van der Waals surface area contributed by atoms with Gasteiger partial charge in [0.05, 0.1) is 25.1 Å². The first-order chi connectivity index (χ1) is 6.69. The topological polar surface area (TPSA) is 86.4 Å². The zero-order valence-electron chi connectivity index (χ0n) is 7.58. The van der Waals surface area contributed by atoms with Crippen molar-refractivity contribution in [3.05, 3.63) is 24.0 Å². The minimum absolute atomic E-state index is 0.236. The largest absolute Gasteiger partial charge is 0.495 e. The van der Waals surface area contributed by atoms with Crippen LogP contribution < -0.4 is 4.74 Å². The van der Waals surface area contributed by atoms with E-state index < -0.39 is 12.2 Å². The van der Waals surface area contributed by atoms with Crippen molar-refractivity contribution in [3.63, 3.8) is 0 Å². The van der Waals surface area contributed by atoms with Gasteiger partial charge in [-0.1, -0.05) is 0 Å². The van der Waals surface area contributed by atoms with Gasteiger partial charge in [-0.25, -0.2) is 0 Å². The maximum absolute atomic E-state index is 9.38. The smallest absolute Gasteiger partial charge is 0.171 e. The second-order valence-electron chi connectivity index (χ2n) is 2.64. The van der Waals surface area contributed by atoms with Crippen molar-refractivity contribution in [3.8, 4) is 11.8 Å². The van der Waals surface area contributed by atoms with Gasteiger partial charge in [-0.3, -0.25) is 4.98 Å². The number of hydrogen-bond donors (Lipinski definition) is 2. The van der Waals surface area contributed by atoms with E-state index in [-0.39, 0.29) is 5.69 Å². The van der Waals surface area contributed by atoms with Crippen molar-refractivity contribution in [2.24, 2.45) is 0 Å². The average molecular weight is 194 g/mol. The molecule has 5 heteroatoms. The molecule has 0 amide bonds. The van der Waals surface area contributed by atoms with E-state index in [0.717, 1.165) is 0 Å². The van der Waals surface area contributed by atoms with Crippen LogP contribution in [0.2, 0.25) is 0 Å². The molecule has 74 valence electrons. The molecule has 0 spiro atoms. The van der Waals surface area contributed by atoms with Gasteiger partial charge < -0.3 is 14.9 Å². The molecule has 14 heavy (non-hydrogen) atoms. The lowest BCUT2D eigenvalue weighted by molar-refractivity contribution is 0.0498. The molecule has 5 nitrogen and oxygen atoms in total. The maximum Gasteiger partial charge on any atom is 0.171 e. The minimum atomic E-state index is -1.46. The summed E-state index contributed by atoms with van der Waals surface area (Å²) in [6.07, 6.45) is -1.34. The molecular weight excluding hydrogens is 184 g/mol. The zero-order valence-corrected chi connectivity index (χ0v) is 7.58. The molecule has 0 bridgehead atoms. The second-order valence-corrected chi connectivity index (χ2v) is 2.64. The number of aliphatic hydroxyl groups is 2. The van der Waals surface area contributed by atoms with E-state index >= 15 is 0 Å². The lowest BCUT2D eigenvalue weighted by atomic mass is 10.1. The molecule has 0 aliphatic carbocycles. The Kier molecular flexibility index (Phi) is 3.40. The van der Waals surface area contributed by atoms with Crippen molar-refractivity contribution in [2.75, 3.05) is 7.11 Å². The molecule has 1 aromatic heterocycles. The van der Waals surface area contributed by atoms with Crippen LogP contribution in [0.4, 0.5) is 0 Å². The Balaban J connectivity index is 2.82. The highest BCUT2D eigenvalue weighted by Crippen LogP contribution is 2.16. The summed E-state index contributed by atoms with van der Waals surface area (Å²) in [7, 11) is 1.50. The fraction of sp³-hybridized carbons (Fsp3) is 0.333. The Labute approximate surface area is 81.2 Å². The molecule has 0 aliphatic rings. The van der Waals surface area contributed by atoms with Crippen LogP contribution in [0.5, 0.6) is 5.75 Å². The fourth-order valence-electron chi connectivity index (χ4n) is 0.920. The maximum atomic E-state index is 9.38. The number of methoxy groups -OCH3 is 1. The first kappa shape index (κ1) is 10.4. The SMILES string of the molecule is COc1ccc(C(O)C(O)C#N)nc1. The van der Waals surface area contributed by atoms with Crippen LogP contribution in [0.3, 0.4) is 0 Å². The Hall–Kier alpha value is -1.64. The third-order valence-electron chi connectivity index (χ3n) is 1.73. The number of pyridine rings is 1. The summed E-state index contributed by atoms with van der Waals surface area (Å²) in [6, 6.07) is 4.61. The van der Waals surface area contributed by atoms with Crippen LogP contribution >= 0.6 is 0 Å². The number of ether oxygens (including phenoxy) is 1. The van der Waals surface area contributed by atoms with Gasteiger partial charge in [0.1, 0.15) is 11.9 Å². The van der Waals surface area contributed by atoms with Gasteiger partial charge in [0.2, 0.25) is 0 Å². The highest BCUT2D eigenvalue weighted by Gasteiger charge is 2.18. The number of aliphatic hydroxyl groups excluding tert-OH is 2. The molecule has 0 saturated heterocycles. The second kappa shape index (κ2) is 4.56. The molecule has 0 aromatic carbocycles. The lowest BCUT2D eigenvalue weighted by Gasteiger charge is -2.10. The number of nitriles is 1. The van der Waals surface area contributed by atoms with Crippen LogP contribution in [-0.4, -0.2) is 28.4 Å². The highest BCUT2D eigenvalue weighted by molar-refractivity contribution is 5.21. The number of rotatable bonds is 3. The normalized spacial score (nSPS) is 14.1. The Morgan fingerprint density at radius 3 is 2.64 bits per heavy atom. The molecule has 0 radical (unpaired) electrons. The first-order valence-electron chi connectivity index (χ1n) is 3.94. The summed E-state index contributed by atoms with van der Waals surface area (Å²) in [6.45, 7) is 0. The van der Waals surface area contributed by atoms with Crippen LogP contribution in [0.25, 0.3) is 0 Å². The molecule has 0 aliphatic heterocycles. The van der Waals surface area contributed by atoms with Gasteiger partial charge in [-0.15, -0.1) is 0 Å². The van der Waals surface area contributed by atoms with Gasteiger partial charge >= 0.3 is 0 Å². The van der Waals surface area contributed by atoms with Crippen molar-refractivity contribution in [1.29, 1.82) is 5.26 Å². The lowest BCUT2D eigenvalue weighted by Crippen LogP contribution is -2.16. The Morgan fingerprint density at radius 1 is 1.50 bits per heavy atom. The summed E-state index contributed by atoms with van der Waals surface area (Å²) < 4.78 is 4.86. The number of aromatic nitrogens is 1. The predicted molar refractivity (Wildman–Crippen MR) is 47.4 cm³/mol. The van der Waals surface area contributed by atoms with E-state index in [1.54, 1.807) is 6.07 Å². The third kappa shape index (κ3) is 2.19. The summed E-state index contributed by atoms with van der Waals surface area (Å²) >= 11 is 0. The summed E-state index contributed by atoms with van der Waals surface area (Å²) in [5.41, 5.74) is 0.236. The molecular formula is C9H10N2O3.